The van der Waals surface area contributed by atoms with E-state index in [-0.39, 0.29) is 6.54 Å². The van der Waals surface area contributed by atoms with Crippen LogP contribution in [0.2, 0.25) is 0 Å². The maximum absolute atomic E-state index is 11.9. The van der Waals surface area contributed by atoms with Crippen molar-refractivity contribution in [2.24, 2.45) is 0 Å². The van der Waals surface area contributed by atoms with Crippen molar-refractivity contribution in [3.8, 4) is 0 Å². The number of rotatable bonds is 5. The largest absolute Gasteiger partial charge is 0.475 e. The number of carboxylic acid groups (broad SMARTS) is 1. The molecule has 0 aromatic carbocycles. The number of nitrogens with zero attached hydrogens (tertiary/aromatic N) is 2. The second-order valence-corrected chi connectivity index (χ2v) is 5.60. The second kappa shape index (κ2) is 5.39. The van der Waals surface area contributed by atoms with Crippen LogP contribution in [0.25, 0.3) is 0 Å². The van der Waals surface area contributed by atoms with Crippen LogP contribution in [0.1, 0.15) is 21.9 Å². The molecule has 0 saturated carbocycles. The minimum absolute atomic E-state index is 0.0707. The number of aryl methyl sites for hydroxylation is 1. The summed E-state index contributed by atoms with van der Waals surface area (Å²) in [6, 6.07) is 2.15. The number of aromatic nitrogens is 2. The minimum Gasteiger partial charge on any atom is -0.475 e. The maximum atomic E-state index is 11.9. The molecule has 106 valence electrons. The Hall–Kier alpha value is -2.26. The summed E-state index contributed by atoms with van der Waals surface area (Å²) in [5.41, 5.74) is 1.15. The number of hydrogen-bond acceptors (Lipinski definition) is 6. The van der Waals surface area contributed by atoms with Gasteiger partial charge in [-0.15, -0.1) is 0 Å². The van der Waals surface area contributed by atoms with Gasteiger partial charge in [-0.3, -0.25) is 9.97 Å². The fourth-order valence-corrected chi connectivity index (χ4v) is 2.26. The van der Waals surface area contributed by atoms with Crippen LogP contribution in [0.3, 0.4) is 0 Å². The van der Waals surface area contributed by atoms with Gasteiger partial charge in [0.1, 0.15) is 0 Å². The zero-order valence-corrected chi connectivity index (χ0v) is 11.2. The number of carboxylic acids is 1. The monoisotopic (exact) mass is 297 g/mol. The van der Waals surface area contributed by atoms with Crippen molar-refractivity contribution in [3.05, 3.63) is 41.7 Å². The molecule has 0 aliphatic rings. The molecule has 2 heterocycles. The Labute approximate surface area is 114 Å². The molecule has 0 fully saturated rings. The molecule has 0 saturated heterocycles. The number of nitrogens with one attached hydrogen (secondary N) is 1. The van der Waals surface area contributed by atoms with Gasteiger partial charge in [-0.05, 0) is 19.1 Å². The highest BCUT2D eigenvalue weighted by molar-refractivity contribution is 7.89. The third kappa shape index (κ3) is 3.19. The van der Waals surface area contributed by atoms with E-state index in [1.165, 1.54) is 12.4 Å². The van der Waals surface area contributed by atoms with Gasteiger partial charge in [0, 0.05) is 6.20 Å². The molecule has 0 bridgehead atoms. The van der Waals surface area contributed by atoms with Crippen LogP contribution in [-0.2, 0) is 16.6 Å². The topological polar surface area (TPSA) is 122 Å². The van der Waals surface area contributed by atoms with Gasteiger partial charge in [-0.2, -0.15) is 0 Å². The first-order chi connectivity index (χ1) is 9.38. The predicted molar refractivity (Wildman–Crippen MR) is 66.5 cm³/mol. The maximum Gasteiger partial charge on any atom is 0.371 e. The highest BCUT2D eigenvalue weighted by atomic mass is 32.2. The molecule has 0 aliphatic heterocycles. The van der Waals surface area contributed by atoms with Crippen LogP contribution >= 0.6 is 0 Å². The summed E-state index contributed by atoms with van der Waals surface area (Å²) in [5.74, 6) is -1.78. The van der Waals surface area contributed by atoms with Crippen LogP contribution in [0.15, 0.2) is 34.0 Å². The van der Waals surface area contributed by atoms with Crippen LogP contribution in [-0.4, -0.2) is 29.5 Å². The molecule has 0 unspecified atom stereocenters. The SMILES string of the molecule is Cc1cnc(CNS(=O)(=O)c2ccc(C(=O)O)o2)cn1. The summed E-state index contributed by atoms with van der Waals surface area (Å²) < 4.78 is 30.7. The van der Waals surface area contributed by atoms with Gasteiger partial charge in [-0.25, -0.2) is 17.9 Å². The first kappa shape index (κ1) is 14.2. The van der Waals surface area contributed by atoms with E-state index in [0.717, 1.165) is 12.1 Å². The van der Waals surface area contributed by atoms with E-state index in [1.807, 2.05) is 0 Å². The molecule has 2 N–H and O–H groups in total. The van der Waals surface area contributed by atoms with Crippen molar-refractivity contribution >= 4 is 16.0 Å². The second-order valence-electron chi connectivity index (χ2n) is 3.90. The molecule has 2 aromatic rings. The molecule has 20 heavy (non-hydrogen) atoms. The standard InChI is InChI=1S/C11H11N3O5S/c1-7-4-13-8(5-12-7)6-14-20(17,18)10-3-2-9(19-10)11(15)16/h2-5,14H,6H2,1H3,(H,15,16). The number of hydrogen-bond donors (Lipinski definition) is 2. The minimum atomic E-state index is -3.93. The lowest BCUT2D eigenvalue weighted by Gasteiger charge is -2.03. The summed E-state index contributed by atoms with van der Waals surface area (Å²) in [6.45, 7) is 1.69. The number of carbonyl (C=O) groups is 1. The molecule has 0 aliphatic carbocycles. The van der Waals surface area contributed by atoms with E-state index >= 15 is 0 Å². The average molecular weight is 297 g/mol. The zero-order chi connectivity index (χ0) is 14.8. The van der Waals surface area contributed by atoms with Gasteiger partial charge in [0.25, 0.3) is 10.0 Å². The highest BCUT2D eigenvalue weighted by Gasteiger charge is 2.20. The molecule has 2 aromatic heterocycles. The fourth-order valence-electron chi connectivity index (χ4n) is 1.33. The van der Waals surface area contributed by atoms with Crippen molar-refractivity contribution in [2.45, 2.75) is 18.6 Å². The number of aromatic carboxylic acids is 1. The lowest BCUT2D eigenvalue weighted by molar-refractivity contribution is 0.0656. The molecule has 0 radical (unpaired) electrons. The van der Waals surface area contributed by atoms with Gasteiger partial charge in [0.15, 0.2) is 0 Å². The smallest absolute Gasteiger partial charge is 0.371 e. The lowest BCUT2D eigenvalue weighted by Crippen LogP contribution is -2.23. The summed E-state index contributed by atoms with van der Waals surface area (Å²) in [4.78, 5) is 18.6. The van der Waals surface area contributed by atoms with Gasteiger partial charge in [0.05, 0.1) is 24.1 Å². The third-order valence-corrected chi connectivity index (χ3v) is 3.61. The normalized spacial score (nSPS) is 11.4. The average Bonchev–Trinajstić information content (AvgIpc) is 2.89. The zero-order valence-electron chi connectivity index (χ0n) is 10.4. The Morgan fingerprint density at radius 3 is 2.65 bits per heavy atom. The van der Waals surface area contributed by atoms with Gasteiger partial charge in [-0.1, -0.05) is 0 Å². The van der Waals surface area contributed by atoms with Gasteiger partial charge >= 0.3 is 5.97 Å². The van der Waals surface area contributed by atoms with E-state index in [2.05, 4.69) is 14.7 Å². The molecule has 0 amide bonds. The molecule has 2 rings (SSSR count). The van der Waals surface area contributed by atoms with Crippen molar-refractivity contribution in [1.29, 1.82) is 0 Å². The van der Waals surface area contributed by atoms with Crippen LogP contribution in [0.4, 0.5) is 0 Å². The molecule has 8 nitrogen and oxygen atoms in total. The molecule has 0 spiro atoms. The van der Waals surface area contributed by atoms with Gasteiger partial charge in [0.2, 0.25) is 10.9 Å². The number of furan rings is 1. The van der Waals surface area contributed by atoms with Crippen molar-refractivity contribution < 1.29 is 22.7 Å². The van der Waals surface area contributed by atoms with E-state index in [0.29, 0.717) is 11.4 Å². The first-order valence-corrected chi connectivity index (χ1v) is 6.97. The third-order valence-electron chi connectivity index (χ3n) is 2.33. The predicted octanol–water partition coefficient (Wildman–Crippen LogP) is 0.555. The van der Waals surface area contributed by atoms with Crippen LogP contribution in [0.5, 0.6) is 0 Å². The quantitative estimate of drug-likeness (QED) is 0.826. The number of sulfonamides is 1. The van der Waals surface area contributed by atoms with E-state index in [9.17, 15) is 13.2 Å². The highest BCUT2D eigenvalue weighted by Crippen LogP contribution is 2.14. The van der Waals surface area contributed by atoms with E-state index < -0.39 is 26.8 Å². The molecule has 0 atom stereocenters. The van der Waals surface area contributed by atoms with E-state index in [1.54, 1.807) is 6.92 Å². The van der Waals surface area contributed by atoms with E-state index in [4.69, 9.17) is 9.52 Å². The lowest BCUT2D eigenvalue weighted by atomic mass is 10.4. The van der Waals surface area contributed by atoms with Crippen molar-refractivity contribution in [1.82, 2.24) is 14.7 Å². The van der Waals surface area contributed by atoms with Crippen molar-refractivity contribution in [3.63, 3.8) is 0 Å². The summed E-state index contributed by atoms with van der Waals surface area (Å²) >= 11 is 0. The first-order valence-electron chi connectivity index (χ1n) is 5.49. The Kier molecular flexibility index (Phi) is 3.81. The van der Waals surface area contributed by atoms with Crippen LogP contribution in [0, 0.1) is 6.92 Å². The Bertz CT molecular complexity index is 721. The summed E-state index contributed by atoms with van der Waals surface area (Å²) in [7, 11) is -3.93. The summed E-state index contributed by atoms with van der Waals surface area (Å²) in [6.07, 6.45) is 2.96. The van der Waals surface area contributed by atoms with Crippen LogP contribution < -0.4 is 4.72 Å². The van der Waals surface area contributed by atoms with Gasteiger partial charge < -0.3 is 9.52 Å². The molecular weight excluding hydrogens is 286 g/mol. The summed E-state index contributed by atoms with van der Waals surface area (Å²) in [5, 5.41) is 8.21. The Morgan fingerprint density at radius 1 is 1.35 bits per heavy atom. The Morgan fingerprint density at radius 2 is 2.10 bits per heavy atom. The Balaban J connectivity index is 2.10. The van der Waals surface area contributed by atoms with Crippen molar-refractivity contribution in [2.75, 3.05) is 0 Å². The molecule has 9 heteroatoms. The molecular formula is C11H11N3O5S. The fraction of sp³-hybridized carbons (Fsp3) is 0.182.